The number of nitrogens with two attached hydrogens (primary N) is 1. The van der Waals surface area contributed by atoms with Gasteiger partial charge in [0.15, 0.2) is 0 Å². The molecule has 2 rings (SSSR count). The Morgan fingerprint density at radius 3 is 2.06 bits per heavy atom. The monoisotopic (exact) mass is 239 g/mol. The maximum atomic E-state index is 5.98. The van der Waals surface area contributed by atoms with Crippen LogP contribution in [0.5, 0.6) is 0 Å². The zero-order valence-electron chi connectivity index (χ0n) is 11.8. The Bertz CT molecular complexity index is 257. The molecule has 0 radical (unpaired) electrons. The molecule has 0 aromatic carbocycles. The predicted octanol–water partition coefficient (Wildman–Crippen LogP) is 1.76. The average molecular weight is 239 g/mol. The van der Waals surface area contributed by atoms with Crippen LogP contribution in [0.2, 0.25) is 0 Å². The van der Waals surface area contributed by atoms with Crippen molar-refractivity contribution < 1.29 is 0 Å². The molecule has 100 valence electrons. The first-order valence-electron chi connectivity index (χ1n) is 7.07. The fourth-order valence-corrected chi connectivity index (χ4v) is 3.94. The Morgan fingerprint density at radius 1 is 1.00 bits per heavy atom. The summed E-state index contributed by atoms with van der Waals surface area (Å²) >= 11 is 0. The van der Waals surface area contributed by atoms with E-state index in [4.69, 9.17) is 5.73 Å². The van der Waals surface area contributed by atoms with E-state index in [-0.39, 0.29) is 11.1 Å². The van der Waals surface area contributed by atoms with Gasteiger partial charge in [0, 0.05) is 29.2 Å². The zero-order valence-corrected chi connectivity index (χ0v) is 11.8. The molecule has 0 bridgehead atoms. The number of hydrogen-bond donors (Lipinski definition) is 3. The molecule has 1 aliphatic heterocycles. The molecular weight excluding hydrogens is 210 g/mol. The van der Waals surface area contributed by atoms with Crippen molar-refractivity contribution in [3.63, 3.8) is 0 Å². The number of piperidine rings is 1. The minimum absolute atomic E-state index is 0.236. The average Bonchev–Trinajstić information content (AvgIpc) is 2.44. The van der Waals surface area contributed by atoms with Crippen LogP contribution < -0.4 is 16.4 Å². The first-order chi connectivity index (χ1) is 7.76. The van der Waals surface area contributed by atoms with Crippen molar-refractivity contribution in [3.05, 3.63) is 0 Å². The topological polar surface area (TPSA) is 50.1 Å². The van der Waals surface area contributed by atoms with Gasteiger partial charge in [0.25, 0.3) is 0 Å². The molecule has 0 spiro atoms. The number of nitrogens with one attached hydrogen (secondary N) is 2. The smallest absolute Gasteiger partial charge is 0.0144 e. The second-order valence-corrected chi connectivity index (χ2v) is 7.43. The highest BCUT2D eigenvalue weighted by atomic mass is 15.1. The first-order valence-corrected chi connectivity index (χ1v) is 7.07. The lowest BCUT2D eigenvalue weighted by molar-refractivity contribution is 0.139. The Kier molecular flexibility index (Phi) is 3.54. The van der Waals surface area contributed by atoms with Crippen molar-refractivity contribution in [3.8, 4) is 0 Å². The van der Waals surface area contributed by atoms with E-state index in [1.807, 2.05) is 0 Å². The third-order valence-corrected chi connectivity index (χ3v) is 4.13. The molecule has 1 aliphatic carbocycles. The molecule has 0 amide bonds. The van der Waals surface area contributed by atoms with Gasteiger partial charge in [-0.25, -0.2) is 0 Å². The molecule has 2 atom stereocenters. The van der Waals surface area contributed by atoms with E-state index in [9.17, 15) is 0 Å². The molecule has 3 heteroatoms. The van der Waals surface area contributed by atoms with Crippen molar-refractivity contribution in [1.82, 2.24) is 10.6 Å². The maximum Gasteiger partial charge on any atom is 0.0144 e. The molecule has 2 aliphatic rings. The lowest BCUT2D eigenvalue weighted by Gasteiger charge is -2.47. The van der Waals surface area contributed by atoms with Crippen LogP contribution >= 0.6 is 0 Å². The fraction of sp³-hybridized carbons (Fsp3) is 1.00. The summed E-state index contributed by atoms with van der Waals surface area (Å²) in [6, 6.07) is 1.71. The van der Waals surface area contributed by atoms with E-state index >= 15 is 0 Å². The zero-order chi connectivity index (χ0) is 12.7. The van der Waals surface area contributed by atoms with Gasteiger partial charge in [-0.2, -0.15) is 0 Å². The summed E-state index contributed by atoms with van der Waals surface area (Å²) in [6.07, 6.45) is 6.02. The molecule has 17 heavy (non-hydrogen) atoms. The maximum absolute atomic E-state index is 5.98. The number of rotatable bonds is 2. The lowest BCUT2D eigenvalue weighted by Crippen LogP contribution is -2.62. The molecule has 0 aromatic rings. The van der Waals surface area contributed by atoms with E-state index in [2.05, 4.69) is 38.3 Å². The summed E-state index contributed by atoms with van der Waals surface area (Å²) in [5.41, 5.74) is 6.46. The summed E-state index contributed by atoms with van der Waals surface area (Å²) in [5, 5.41) is 7.57. The molecule has 0 aromatic heterocycles. The summed E-state index contributed by atoms with van der Waals surface area (Å²) in [6.45, 7) is 9.23. The predicted molar refractivity (Wildman–Crippen MR) is 73.1 cm³/mol. The van der Waals surface area contributed by atoms with Crippen LogP contribution in [0.4, 0.5) is 0 Å². The quantitative estimate of drug-likeness (QED) is 0.688. The standard InChI is InChI=1S/C14H29N3/c1-13(2)8-12(9-14(3,4)17-13)16-11-6-5-10(15)7-11/h10-12,16-17H,5-9,15H2,1-4H3. The van der Waals surface area contributed by atoms with E-state index in [0.717, 1.165) is 6.42 Å². The van der Waals surface area contributed by atoms with Crippen LogP contribution in [0, 0.1) is 0 Å². The van der Waals surface area contributed by atoms with E-state index < -0.39 is 0 Å². The number of hydrogen-bond acceptors (Lipinski definition) is 3. The minimum atomic E-state index is 0.236. The highest BCUT2D eigenvalue weighted by molar-refractivity contribution is 5.00. The van der Waals surface area contributed by atoms with Crippen LogP contribution in [-0.4, -0.2) is 29.2 Å². The van der Waals surface area contributed by atoms with E-state index in [0.29, 0.717) is 18.1 Å². The van der Waals surface area contributed by atoms with Gasteiger partial charge >= 0.3 is 0 Å². The highest BCUT2D eigenvalue weighted by Gasteiger charge is 2.38. The SMILES string of the molecule is CC1(C)CC(NC2CCC(N)C2)CC(C)(C)N1. The second-order valence-electron chi connectivity index (χ2n) is 7.43. The van der Waals surface area contributed by atoms with Gasteiger partial charge in [0.1, 0.15) is 0 Å². The molecule has 4 N–H and O–H groups in total. The molecule has 2 unspecified atom stereocenters. The second kappa shape index (κ2) is 4.52. The molecule has 1 saturated heterocycles. The van der Waals surface area contributed by atoms with Gasteiger partial charge in [-0.15, -0.1) is 0 Å². The Labute approximate surface area is 106 Å². The fourth-order valence-electron chi connectivity index (χ4n) is 3.94. The van der Waals surface area contributed by atoms with Crippen molar-refractivity contribution >= 4 is 0 Å². The van der Waals surface area contributed by atoms with Crippen molar-refractivity contribution in [2.75, 3.05) is 0 Å². The molecule has 2 fully saturated rings. The molecule has 3 nitrogen and oxygen atoms in total. The van der Waals surface area contributed by atoms with Crippen molar-refractivity contribution in [1.29, 1.82) is 0 Å². The summed E-state index contributed by atoms with van der Waals surface area (Å²) in [7, 11) is 0. The van der Waals surface area contributed by atoms with E-state index in [1.165, 1.54) is 25.7 Å². The molecule has 1 saturated carbocycles. The Morgan fingerprint density at radius 2 is 1.59 bits per heavy atom. The Balaban J connectivity index is 1.92. The summed E-state index contributed by atoms with van der Waals surface area (Å²) in [4.78, 5) is 0. The molecule has 1 heterocycles. The molecular formula is C14H29N3. The van der Waals surface area contributed by atoms with Crippen molar-refractivity contribution in [2.45, 2.75) is 89.0 Å². The lowest BCUT2D eigenvalue weighted by atomic mass is 9.79. The van der Waals surface area contributed by atoms with Gasteiger partial charge in [-0.05, 0) is 59.8 Å². The van der Waals surface area contributed by atoms with Crippen molar-refractivity contribution in [2.24, 2.45) is 5.73 Å². The first kappa shape index (κ1) is 13.3. The van der Waals surface area contributed by atoms with Crippen LogP contribution in [0.25, 0.3) is 0 Å². The third kappa shape index (κ3) is 3.67. The van der Waals surface area contributed by atoms with Crippen LogP contribution in [0.1, 0.15) is 59.8 Å². The van der Waals surface area contributed by atoms with Gasteiger partial charge < -0.3 is 16.4 Å². The van der Waals surface area contributed by atoms with Gasteiger partial charge in [-0.1, -0.05) is 0 Å². The van der Waals surface area contributed by atoms with Crippen LogP contribution in [-0.2, 0) is 0 Å². The third-order valence-electron chi connectivity index (χ3n) is 4.13. The van der Waals surface area contributed by atoms with Gasteiger partial charge in [-0.3, -0.25) is 0 Å². The summed E-state index contributed by atoms with van der Waals surface area (Å²) < 4.78 is 0. The normalized spacial score (nSPS) is 37.2. The van der Waals surface area contributed by atoms with Gasteiger partial charge in [0.05, 0.1) is 0 Å². The largest absolute Gasteiger partial charge is 0.328 e. The van der Waals surface area contributed by atoms with Crippen LogP contribution in [0.15, 0.2) is 0 Å². The highest BCUT2D eigenvalue weighted by Crippen LogP contribution is 2.30. The summed E-state index contributed by atoms with van der Waals surface area (Å²) in [5.74, 6) is 0. The Hall–Kier alpha value is -0.120. The van der Waals surface area contributed by atoms with Gasteiger partial charge in [0.2, 0.25) is 0 Å². The minimum Gasteiger partial charge on any atom is -0.328 e. The van der Waals surface area contributed by atoms with Crippen LogP contribution in [0.3, 0.4) is 0 Å². The van der Waals surface area contributed by atoms with E-state index in [1.54, 1.807) is 0 Å².